The second kappa shape index (κ2) is 8.98. The second-order valence-electron chi connectivity index (χ2n) is 7.42. The maximum atomic E-state index is 12.4. The highest BCUT2D eigenvalue weighted by atomic mass is 16.5. The van der Waals surface area contributed by atoms with E-state index in [1.54, 1.807) is 24.3 Å². The van der Waals surface area contributed by atoms with Gasteiger partial charge in [0, 0.05) is 17.8 Å². The summed E-state index contributed by atoms with van der Waals surface area (Å²) in [5.74, 6) is -2.12. The molecule has 2 fully saturated rings. The maximum absolute atomic E-state index is 12.4. The van der Waals surface area contributed by atoms with Crippen LogP contribution in [0.4, 0.5) is 5.69 Å². The molecule has 29 heavy (non-hydrogen) atoms. The molecule has 1 heterocycles. The number of fused-ring (bicyclic) bond motifs is 1. The van der Waals surface area contributed by atoms with Crippen molar-refractivity contribution in [2.24, 2.45) is 11.8 Å². The van der Waals surface area contributed by atoms with Gasteiger partial charge in [-0.15, -0.1) is 0 Å². The van der Waals surface area contributed by atoms with Gasteiger partial charge >= 0.3 is 5.97 Å². The Balaban J connectivity index is 1.41. The number of ether oxygens (including phenoxy) is 1. The largest absolute Gasteiger partial charge is 0.456 e. The summed E-state index contributed by atoms with van der Waals surface area (Å²) in [4.78, 5) is 60.9. The Kier molecular flexibility index (Phi) is 6.41. The molecule has 1 aromatic carbocycles. The van der Waals surface area contributed by atoms with Crippen LogP contribution < -0.4 is 5.32 Å². The molecule has 2 atom stereocenters. The van der Waals surface area contributed by atoms with E-state index in [2.05, 4.69) is 5.32 Å². The van der Waals surface area contributed by atoms with Gasteiger partial charge in [-0.1, -0.05) is 12.8 Å². The molecule has 1 aliphatic heterocycles. The fourth-order valence-corrected chi connectivity index (χ4v) is 3.86. The molecule has 8 heteroatoms. The number of amides is 3. The lowest BCUT2D eigenvalue weighted by Gasteiger charge is -2.19. The smallest absolute Gasteiger partial charge is 0.308 e. The van der Waals surface area contributed by atoms with Gasteiger partial charge in [0.1, 0.15) is 0 Å². The molecule has 154 valence electrons. The van der Waals surface area contributed by atoms with Crippen molar-refractivity contribution >= 4 is 35.2 Å². The van der Waals surface area contributed by atoms with Gasteiger partial charge in [0.05, 0.1) is 18.3 Å². The number of anilines is 1. The van der Waals surface area contributed by atoms with E-state index < -0.39 is 18.5 Å². The summed E-state index contributed by atoms with van der Waals surface area (Å²) < 4.78 is 4.93. The minimum atomic E-state index is -0.650. The number of rotatable bonds is 7. The van der Waals surface area contributed by atoms with Gasteiger partial charge in [-0.3, -0.25) is 28.9 Å². The molecule has 1 aliphatic carbocycles. The van der Waals surface area contributed by atoms with E-state index in [-0.39, 0.29) is 42.4 Å². The third-order valence-electron chi connectivity index (χ3n) is 5.41. The van der Waals surface area contributed by atoms with E-state index in [1.807, 2.05) is 0 Å². The number of esters is 1. The van der Waals surface area contributed by atoms with Gasteiger partial charge in [0.25, 0.3) is 5.91 Å². The van der Waals surface area contributed by atoms with Crippen LogP contribution in [-0.4, -0.2) is 47.5 Å². The zero-order valence-electron chi connectivity index (χ0n) is 16.3. The Morgan fingerprint density at radius 2 is 1.62 bits per heavy atom. The van der Waals surface area contributed by atoms with Gasteiger partial charge in [-0.2, -0.15) is 0 Å². The fourth-order valence-electron chi connectivity index (χ4n) is 3.86. The predicted molar refractivity (Wildman–Crippen MR) is 103 cm³/mol. The van der Waals surface area contributed by atoms with Crippen molar-refractivity contribution < 1.29 is 28.7 Å². The Hall–Kier alpha value is -3.03. The van der Waals surface area contributed by atoms with Crippen molar-refractivity contribution in [3.05, 3.63) is 29.8 Å². The number of carbonyl (C=O) groups excluding carboxylic acids is 5. The van der Waals surface area contributed by atoms with Gasteiger partial charge in [0.2, 0.25) is 11.8 Å². The van der Waals surface area contributed by atoms with Crippen LogP contribution in [0.3, 0.4) is 0 Å². The third kappa shape index (κ3) is 4.88. The molecule has 0 bridgehead atoms. The number of nitrogens with one attached hydrogen (secondary N) is 1. The number of imide groups is 1. The number of Topliss-reactive ketones (excluding diaryl/α,β-unsaturated/α-hetero) is 1. The predicted octanol–water partition coefficient (Wildman–Crippen LogP) is 1.94. The van der Waals surface area contributed by atoms with Gasteiger partial charge in [0.15, 0.2) is 12.4 Å². The SMILES string of the molecule is CC(=O)c1ccc(NC(=O)COC(=O)CCN2C(=O)[C@H]3CCCC[C@@H]3C2=O)cc1. The lowest BCUT2D eigenvalue weighted by molar-refractivity contribution is -0.148. The van der Waals surface area contributed by atoms with Crippen LogP contribution in [0, 0.1) is 11.8 Å². The molecule has 8 nitrogen and oxygen atoms in total. The van der Waals surface area contributed by atoms with Crippen molar-refractivity contribution in [2.75, 3.05) is 18.5 Å². The zero-order chi connectivity index (χ0) is 21.0. The molecule has 3 amide bonds. The molecule has 1 N–H and O–H groups in total. The van der Waals surface area contributed by atoms with Crippen molar-refractivity contribution in [2.45, 2.75) is 39.0 Å². The number of ketones is 1. The van der Waals surface area contributed by atoms with Gasteiger partial charge in [-0.25, -0.2) is 0 Å². The average Bonchev–Trinajstić information content (AvgIpc) is 2.95. The molecule has 2 aliphatic rings. The van der Waals surface area contributed by atoms with Crippen LogP contribution in [0.2, 0.25) is 0 Å². The van der Waals surface area contributed by atoms with Crippen molar-refractivity contribution in [1.82, 2.24) is 4.90 Å². The van der Waals surface area contributed by atoms with E-state index in [9.17, 15) is 24.0 Å². The van der Waals surface area contributed by atoms with Gasteiger partial charge < -0.3 is 10.1 Å². The lowest BCUT2D eigenvalue weighted by atomic mass is 9.81. The molecule has 3 rings (SSSR count). The number of benzene rings is 1. The van der Waals surface area contributed by atoms with E-state index in [4.69, 9.17) is 4.74 Å². The van der Waals surface area contributed by atoms with Crippen molar-refractivity contribution in [3.8, 4) is 0 Å². The first-order valence-corrected chi connectivity index (χ1v) is 9.78. The summed E-state index contributed by atoms with van der Waals surface area (Å²) in [6.45, 7) is 0.961. The Morgan fingerprint density at radius 3 is 2.17 bits per heavy atom. The van der Waals surface area contributed by atoms with E-state index in [1.165, 1.54) is 11.8 Å². The molecule has 0 radical (unpaired) electrons. The summed E-state index contributed by atoms with van der Waals surface area (Å²) in [5, 5.41) is 2.56. The first-order chi connectivity index (χ1) is 13.9. The number of hydrogen-bond acceptors (Lipinski definition) is 6. The Labute approximate surface area is 168 Å². The summed E-state index contributed by atoms with van der Waals surface area (Å²) in [6, 6.07) is 6.35. The lowest BCUT2D eigenvalue weighted by Crippen LogP contribution is -2.33. The Morgan fingerprint density at radius 1 is 1.03 bits per heavy atom. The summed E-state index contributed by atoms with van der Waals surface area (Å²) in [5.41, 5.74) is 1.01. The molecule has 1 saturated carbocycles. The van der Waals surface area contributed by atoms with E-state index in [0.29, 0.717) is 11.3 Å². The van der Waals surface area contributed by atoms with Crippen LogP contribution in [0.25, 0.3) is 0 Å². The minimum absolute atomic E-state index is 0.0162. The quantitative estimate of drug-likeness (QED) is 0.425. The molecular formula is C21H24N2O6. The van der Waals surface area contributed by atoms with Gasteiger partial charge in [-0.05, 0) is 44.0 Å². The topological polar surface area (TPSA) is 110 Å². The normalized spacial score (nSPS) is 20.9. The summed E-state index contributed by atoms with van der Waals surface area (Å²) in [6.07, 6.45) is 3.20. The minimum Gasteiger partial charge on any atom is -0.456 e. The monoisotopic (exact) mass is 400 g/mol. The highest BCUT2D eigenvalue weighted by molar-refractivity contribution is 6.05. The molecule has 1 aromatic rings. The summed E-state index contributed by atoms with van der Waals surface area (Å²) in [7, 11) is 0. The van der Waals surface area contributed by atoms with Crippen LogP contribution in [-0.2, 0) is 23.9 Å². The van der Waals surface area contributed by atoms with E-state index >= 15 is 0 Å². The highest BCUT2D eigenvalue weighted by Gasteiger charge is 2.47. The zero-order valence-corrected chi connectivity index (χ0v) is 16.3. The van der Waals surface area contributed by atoms with Crippen molar-refractivity contribution in [3.63, 3.8) is 0 Å². The average molecular weight is 400 g/mol. The van der Waals surface area contributed by atoms with Crippen LogP contribution in [0.1, 0.15) is 49.4 Å². The number of likely N-dealkylation sites (tertiary alicyclic amines) is 1. The summed E-state index contributed by atoms with van der Waals surface area (Å²) >= 11 is 0. The van der Waals surface area contributed by atoms with Crippen LogP contribution in [0.5, 0.6) is 0 Å². The highest BCUT2D eigenvalue weighted by Crippen LogP contribution is 2.37. The second-order valence-corrected chi connectivity index (χ2v) is 7.42. The Bertz CT molecular complexity index is 808. The molecule has 0 aromatic heterocycles. The maximum Gasteiger partial charge on any atom is 0.308 e. The standard InChI is InChI=1S/C21H24N2O6/c1-13(24)14-6-8-15(9-7-14)22-18(25)12-29-19(26)10-11-23-20(27)16-4-2-3-5-17(16)21(23)28/h6-9,16-17H,2-5,10-12H2,1H3,(H,22,25)/t16-,17-/m0/s1. The van der Waals surface area contributed by atoms with Crippen LogP contribution >= 0.6 is 0 Å². The van der Waals surface area contributed by atoms with Crippen LogP contribution in [0.15, 0.2) is 24.3 Å². The van der Waals surface area contributed by atoms with E-state index in [0.717, 1.165) is 25.7 Å². The first-order valence-electron chi connectivity index (χ1n) is 9.78. The molecule has 1 saturated heterocycles. The molecule has 0 spiro atoms. The fraction of sp³-hybridized carbons (Fsp3) is 0.476. The number of hydrogen-bond donors (Lipinski definition) is 1. The molecule has 0 unspecified atom stereocenters. The van der Waals surface area contributed by atoms with Crippen molar-refractivity contribution in [1.29, 1.82) is 0 Å². The number of nitrogens with zero attached hydrogens (tertiary/aromatic N) is 1. The third-order valence-corrected chi connectivity index (χ3v) is 5.41. The molecular weight excluding hydrogens is 376 g/mol. The first kappa shape index (κ1) is 20.7. The number of carbonyl (C=O) groups is 5.